The van der Waals surface area contributed by atoms with Gasteiger partial charge in [0.1, 0.15) is 11.0 Å². The number of benzene rings is 1. The molecular formula is C16H18N2O2S. The molecule has 2 heterocycles. The maximum Gasteiger partial charge on any atom is 0.326 e. The van der Waals surface area contributed by atoms with Crippen LogP contribution in [0.25, 0.3) is 10.9 Å². The van der Waals surface area contributed by atoms with Crippen LogP contribution in [0.1, 0.15) is 32.1 Å². The highest BCUT2D eigenvalue weighted by Crippen LogP contribution is 2.45. The van der Waals surface area contributed by atoms with E-state index in [1.807, 2.05) is 18.2 Å². The van der Waals surface area contributed by atoms with Crippen LogP contribution in [0.5, 0.6) is 0 Å². The Morgan fingerprint density at radius 3 is 2.95 bits per heavy atom. The van der Waals surface area contributed by atoms with Gasteiger partial charge in [0.05, 0.1) is 5.52 Å². The Morgan fingerprint density at radius 1 is 1.29 bits per heavy atom. The van der Waals surface area contributed by atoms with Gasteiger partial charge in [-0.3, -0.25) is 0 Å². The third-order valence-corrected chi connectivity index (χ3v) is 5.86. The molecule has 1 saturated heterocycles. The van der Waals surface area contributed by atoms with E-state index in [0.29, 0.717) is 12.0 Å². The minimum Gasteiger partial charge on any atom is -0.480 e. The van der Waals surface area contributed by atoms with E-state index < -0.39 is 5.97 Å². The van der Waals surface area contributed by atoms with E-state index in [1.165, 1.54) is 30.8 Å². The van der Waals surface area contributed by atoms with Crippen LogP contribution in [0.4, 0.5) is 5.00 Å². The largest absolute Gasteiger partial charge is 0.480 e. The van der Waals surface area contributed by atoms with Gasteiger partial charge in [-0.2, -0.15) is 4.37 Å². The minimum atomic E-state index is -0.693. The first-order valence-corrected chi connectivity index (χ1v) is 8.38. The Bertz CT molecular complexity index is 684. The molecule has 1 N–H and O–H groups in total. The predicted octanol–water partition coefficient (Wildman–Crippen LogP) is 3.52. The van der Waals surface area contributed by atoms with Crippen molar-refractivity contribution in [3.63, 3.8) is 0 Å². The van der Waals surface area contributed by atoms with Gasteiger partial charge in [0.2, 0.25) is 0 Å². The van der Waals surface area contributed by atoms with Gasteiger partial charge in [-0.15, -0.1) is 0 Å². The summed E-state index contributed by atoms with van der Waals surface area (Å²) >= 11 is 1.45. The number of carbonyl (C=O) groups is 1. The van der Waals surface area contributed by atoms with E-state index in [0.717, 1.165) is 28.7 Å². The fourth-order valence-electron chi connectivity index (χ4n) is 4.03. The maximum absolute atomic E-state index is 11.7. The molecular weight excluding hydrogens is 284 g/mol. The minimum absolute atomic E-state index is 0.378. The van der Waals surface area contributed by atoms with Gasteiger partial charge in [-0.05, 0) is 48.8 Å². The van der Waals surface area contributed by atoms with Crippen molar-refractivity contribution >= 4 is 33.4 Å². The first-order chi connectivity index (χ1) is 10.3. The number of hydrogen-bond acceptors (Lipinski definition) is 4. The summed E-state index contributed by atoms with van der Waals surface area (Å²) in [5, 5.41) is 11.8. The molecule has 1 aromatic heterocycles. The van der Waals surface area contributed by atoms with Crippen molar-refractivity contribution in [1.29, 1.82) is 0 Å². The second-order valence-corrected chi connectivity index (χ2v) is 6.87. The molecule has 0 radical (unpaired) electrons. The highest BCUT2D eigenvalue weighted by molar-refractivity contribution is 7.11. The molecule has 0 spiro atoms. The van der Waals surface area contributed by atoms with Crippen molar-refractivity contribution in [1.82, 2.24) is 4.37 Å². The summed E-state index contributed by atoms with van der Waals surface area (Å²) in [6, 6.07) is 8.03. The summed E-state index contributed by atoms with van der Waals surface area (Å²) in [6.07, 6.45) is 5.51. The summed E-state index contributed by atoms with van der Waals surface area (Å²) in [7, 11) is 0. The Labute approximate surface area is 127 Å². The molecule has 5 heteroatoms. The van der Waals surface area contributed by atoms with Crippen molar-refractivity contribution < 1.29 is 9.90 Å². The zero-order valence-corrected chi connectivity index (χ0v) is 12.6. The van der Waals surface area contributed by atoms with Gasteiger partial charge in [0.15, 0.2) is 0 Å². The van der Waals surface area contributed by atoms with Crippen molar-refractivity contribution in [2.75, 3.05) is 4.90 Å². The van der Waals surface area contributed by atoms with E-state index in [1.54, 1.807) is 0 Å². The third-order valence-electron chi connectivity index (χ3n) is 4.97. The molecule has 4 nitrogen and oxygen atoms in total. The number of fused-ring (bicyclic) bond motifs is 2. The molecule has 21 heavy (non-hydrogen) atoms. The number of nitrogens with zero attached hydrogens (tertiary/aromatic N) is 2. The number of rotatable bonds is 2. The summed E-state index contributed by atoms with van der Waals surface area (Å²) in [6.45, 7) is 0. The van der Waals surface area contributed by atoms with E-state index in [-0.39, 0.29) is 6.04 Å². The highest BCUT2D eigenvalue weighted by Gasteiger charge is 2.46. The lowest BCUT2D eigenvalue weighted by atomic mass is 9.85. The first-order valence-electron chi connectivity index (χ1n) is 7.61. The number of aromatic nitrogens is 1. The Morgan fingerprint density at radius 2 is 2.10 bits per heavy atom. The van der Waals surface area contributed by atoms with Crippen LogP contribution in [0.3, 0.4) is 0 Å². The fourth-order valence-corrected chi connectivity index (χ4v) is 5.01. The number of anilines is 1. The normalized spacial score (nSPS) is 28.8. The van der Waals surface area contributed by atoms with Crippen molar-refractivity contribution in [3.8, 4) is 0 Å². The van der Waals surface area contributed by atoms with Crippen LogP contribution in [0.15, 0.2) is 24.3 Å². The average molecular weight is 302 g/mol. The zero-order valence-electron chi connectivity index (χ0n) is 11.7. The topological polar surface area (TPSA) is 53.4 Å². The van der Waals surface area contributed by atoms with Gasteiger partial charge < -0.3 is 10.0 Å². The van der Waals surface area contributed by atoms with Crippen molar-refractivity contribution in [2.45, 2.75) is 44.2 Å². The van der Waals surface area contributed by atoms with Crippen LogP contribution in [-0.2, 0) is 4.79 Å². The Balaban J connectivity index is 1.81. The van der Waals surface area contributed by atoms with Gasteiger partial charge >= 0.3 is 5.97 Å². The monoisotopic (exact) mass is 302 g/mol. The second kappa shape index (κ2) is 4.98. The lowest BCUT2D eigenvalue weighted by molar-refractivity contribution is -0.138. The number of carboxylic acids is 1. The number of carboxylic acid groups (broad SMARTS) is 1. The van der Waals surface area contributed by atoms with Crippen LogP contribution >= 0.6 is 11.5 Å². The summed E-state index contributed by atoms with van der Waals surface area (Å²) in [4.78, 5) is 13.9. The molecule has 2 aromatic rings. The molecule has 110 valence electrons. The first kappa shape index (κ1) is 13.1. The molecule has 2 fully saturated rings. The Hall–Kier alpha value is -1.62. The summed E-state index contributed by atoms with van der Waals surface area (Å²) in [5.41, 5.74) is 0.973. The van der Waals surface area contributed by atoms with Crippen LogP contribution in [0.2, 0.25) is 0 Å². The van der Waals surface area contributed by atoms with E-state index in [9.17, 15) is 9.90 Å². The molecule has 4 rings (SSSR count). The fraction of sp³-hybridized carbons (Fsp3) is 0.500. The van der Waals surface area contributed by atoms with Gasteiger partial charge in [0, 0.05) is 11.4 Å². The summed E-state index contributed by atoms with van der Waals surface area (Å²) in [5.74, 6) is -0.164. The molecule has 2 aliphatic rings. The van der Waals surface area contributed by atoms with E-state index in [2.05, 4.69) is 15.3 Å². The predicted molar refractivity (Wildman–Crippen MR) is 83.9 cm³/mol. The van der Waals surface area contributed by atoms with Crippen molar-refractivity contribution in [2.24, 2.45) is 5.92 Å². The molecule has 1 aliphatic heterocycles. The molecule has 0 amide bonds. The van der Waals surface area contributed by atoms with E-state index in [4.69, 9.17) is 0 Å². The summed E-state index contributed by atoms with van der Waals surface area (Å²) < 4.78 is 4.50. The standard InChI is InChI=1S/C16H18N2O2S/c19-16(20)14-9-10-5-1-4-8-13(10)18(14)15-11-6-2-3-7-12(11)17-21-15/h2-3,6-7,10,13-14H,1,4-5,8-9H2,(H,19,20). The van der Waals surface area contributed by atoms with Crippen LogP contribution in [-0.4, -0.2) is 27.5 Å². The number of aliphatic carboxylic acids is 1. The molecule has 1 saturated carbocycles. The number of hydrogen-bond donors (Lipinski definition) is 1. The van der Waals surface area contributed by atoms with Crippen molar-refractivity contribution in [3.05, 3.63) is 24.3 Å². The SMILES string of the molecule is O=C(O)C1CC2CCCCC2N1c1snc2ccccc12. The molecule has 0 bridgehead atoms. The highest BCUT2D eigenvalue weighted by atomic mass is 32.1. The third kappa shape index (κ3) is 2.02. The lowest BCUT2D eigenvalue weighted by Crippen LogP contribution is -2.42. The van der Waals surface area contributed by atoms with Crippen LogP contribution in [0, 0.1) is 5.92 Å². The van der Waals surface area contributed by atoms with Gasteiger partial charge in [0.25, 0.3) is 0 Å². The smallest absolute Gasteiger partial charge is 0.326 e. The van der Waals surface area contributed by atoms with E-state index >= 15 is 0 Å². The molecule has 1 aliphatic carbocycles. The second-order valence-electron chi connectivity index (χ2n) is 6.11. The van der Waals surface area contributed by atoms with Gasteiger partial charge in [-0.1, -0.05) is 25.0 Å². The lowest BCUT2D eigenvalue weighted by Gasteiger charge is -2.33. The van der Waals surface area contributed by atoms with Crippen LogP contribution < -0.4 is 4.90 Å². The van der Waals surface area contributed by atoms with Gasteiger partial charge in [-0.25, -0.2) is 4.79 Å². The molecule has 3 unspecified atom stereocenters. The molecule has 1 aromatic carbocycles. The quantitative estimate of drug-likeness (QED) is 0.922. The average Bonchev–Trinajstić information content (AvgIpc) is 3.07. The maximum atomic E-state index is 11.7. The Kier molecular flexibility index (Phi) is 3.10. The molecule has 3 atom stereocenters. The zero-order chi connectivity index (χ0) is 14.4.